The van der Waals surface area contributed by atoms with Gasteiger partial charge in [0.05, 0.1) is 0 Å². The molecule has 1 aromatic heterocycles. The Balaban J connectivity index is 1.72. The van der Waals surface area contributed by atoms with E-state index >= 15 is 0 Å². The fraction of sp³-hybridized carbons (Fsp3) is 0.286. The lowest BCUT2D eigenvalue weighted by Gasteiger charge is -2.07. The summed E-state index contributed by atoms with van der Waals surface area (Å²) in [6, 6.07) is 9.18. The Morgan fingerprint density at radius 2 is 2.00 bits per heavy atom. The highest BCUT2D eigenvalue weighted by molar-refractivity contribution is 6.30. The summed E-state index contributed by atoms with van der Waals surface area (Å²) >= 11 is 11.9. The molecule has 1 aromatic carbocycles. The fourth-order valence-corrected chi connectivity index (χ4v) is 2.19. The van der Waals surface area contributed by atoms with E-state index in [1.165, 1.54) is 0 Å². The topological polar surface area (TPSA) is 35.0 Å². The van der Waals surface area contributed by atoms with Crippen LogP contribution in [-0.4, -0.2) is 9.97 Å². The summed E-state index contributed by atoms with van der Waals surface area (Å²) in [5.74, 6) is 1.75. The van der Waals surface area contributed by atoms with Crippen molar-refractivity contribution in [2.24, 2.45) is 0 Å². The molecule has 0 atom stereocenters. The van der Waals surface area contributed by atoms with E-state index in [0.717, 1.165) is 24.2 Å². The van der Waals surface area contributed by atoms with E-state index in [9.17, 15) is 0 Å². The van der Waals surface area contributed by atoms with Gasteiger partial charge in [0.15, 0.2) is 0 Å². The molecule has 0 bridgehead atoms. The molecule has 3 nitrogen and oxygen atoms in total. The summed E-state index contributed by atoms with van der Waals surface area (Å²) < 4.78 is 5.65. The van der Waals surface area contributed by atoms with Crippen molar-refractivity contribution in [3.8, 4) is 5.88 Å². The van der Waals surface area contributed by atoms with Crippen molar-refractivity contribution in [1.29, 1.82) is 0 Å². The third-order valence-corrected chi connectivity index (χ3v) is 3.34. The average Bonchev–Trinajstić information content (AvgIpc) is 3.20. The van der Waals surface area contributed by atoms with Crippen LogP contribution in [0, 0.1) is 0 Å². The summed E-state index contributed by atoms with van der Waals surface area (Å²) in [5, 5.41) is 1.12. The van der Waals surface area contributed by atoms with Crippen LogP contribution in [0.5, 0.6) is 5.88 Å². The summed E-state index contributed by atoms with van der Waals surface area (Å²) in [7, 11) is 0. The van der Waals surface area contributed by atoms with E-state index < -0.39 is 0 Å². The molecule has 0 N–H and O–H groups in total. The minimum absolute atomic E-state index is 0.415. The molecular weight excluding hydrogens is 283 g/mol. The first-order valence-electron chi connectivity index (χ1n) is 6.12. The molecule has 1 fully saturated rings. The van der Waals surface area contributed by atoms with Gasteiger partial charge in [0.25, 0.3) is 0 Å². The van der Waals surface area contributed by atoms with Gasteiger partial charge in [-0.3, -0.25) is 0 Å². The zero-order chi connectivity index (χ0) is 13.2. The van der Waals surface area contributed by atoms with Crippen LogP contribution in [0.1, 0.15) is 30.1 Å². The second-order valence-electron chi connectivity index (χ2n) is 4.58. The van der Waals surface area contributed by atoms with Crippen LogP contribution in [0.25, 0.3) is 0 Å². The van der Waals surface area contributed by atoms with Gasteiger partial charge in [0.1, 0.15) is 17.6 Å². The van der Waals surface area contributed by atoms with E-state index in [4.69, 9.17) is 27.9 Å². The Bertz CT molecular complexity index is 600. The lowest BCUT2D eigenvalue weighted by atomic mass is 10.2. The summed E-state index contributed by atoms with van der Waals surface area (Å²) in [6.07, 6.45) is 2.27. The minimum atomic E-state index is 0.415. The number of nitrogens with zero attached hydrogens (tertiary/aromatic N) is 2. The molecule has 1 heterocycles. The third kappa shape index (κ3) is 3.37. The van der Waals surface area contributed by atoms with Crippen molar-refractivity contribution < 1.29 is 4.74 Å². The van der Waals surface area contributed by atoms with E-state index in [0.29, 0.717) is 28.6 Å². The highest BCUT2D eigenvalue weighted by Gasteiger charge is 2.27. The predicted octanol–water partition coefficient (Wildman–Crippen LogP) is 4.24. The monoisotopic (exact) mass is 294 g/mol. The standard InChI is InChI=1S/C14H12Cl2N2O/c15-11-3-1-2-9(6-11)8-19-13-7-12(16)17-14(18-13)10-4-5-10/h1-3,6-7,10H,4-5,8H2. The number of halogens is 2. The highest BCUT2D eigenvalue weighted by Crippen LogP contribution is 2.39. The molecule has 1 saturated carbocycles. The molecular formula is C14H12Cl2N2O. The molecule has 0 unspecified atom stereocenters. The summed E-state index contributed by atoms with van der Waals surface area (Å²) in [6.45, 7) is 0.415. The fourth-order valence-electron chi connectivity index (χ4n) is 1.80. The Kier molecular flexibility index (Phi) is 3.58. The van der Waals surface area contributed by atoms with Crippen LogP contribution in [0.15, 0.2) is 30.3 Å². The molecule has 0 radical (unpaired) electrons. The Labute approximate surface area is 121 Å². The lowest BCUT2D eigenvalue weighted by molar-refractivity contribution is 0.292. The summed E-state index contributed by atoms with van der Waals surface area (Å²) in [4.78, 5) is 8.60. The minimum Gasteiger partial charge on any atom is -0.473 e. The van der Waals surface area contributed by atoms with Gasteiger partial charge in [-0.1, -0.05) is 35.3 Å². The number of hydrogen-bond acceptors (Lipinski definition) is 3. The zero-order valence-electron chi connectivity index (χ0n) is 10.1. The Morgan fingerprint density at radius 1 is 1.16 bits per heavy atom. The summed E-state index contributed by atoms with van der Waals surface area (Å²) in [5.41, 5.74) is 0.996. The largest absolute Gasteiger partial charge is 0.473 e. The number of rotatable bonds is 4. The number of ether oxygens (including phenoxy) is 1. The smallest absolute Gasteiger partial charge is 0.218 e. The zero-order valence-corrected chi connectivity index (χ0v) is 11.7. The molecule has 0 amide bonds. The van der Waals surface area contributed by atoms with Crippen LogP contribution >= 0.6 is 23.2 Å². The van der Waals surface area contributed by atoms with E-state index in [1.807, 2.05) is 24.3 Å². The van der Waals surface area contributed by atoms with Crippen molar-refractivity contribution in [3.63, 3.8) is 0 Å². The quantitative estimate of drug-likeness (QED) is 0.791. The van der Waals surface area contributed by atoms with Crippen molar-refractivity contribution in [3.05, 3.63) is 51.9 Å². The maximum atomic E-state index is 5.98. The lowest BCUT2D eigenvalue weighted by Crippen LogP contribution is -2.01. The first-order chi connectivity index (χ1) is 9.20. The van der Waals surface area contributed by atoms with Crippen molar-refractivity contribution in [2.45, 2.75) is 25.4 Å². The van der Waals surface area contributed by atoms with Gasteiger partial charge in [-0.2, -0.15) is 4.98 Å². The van der Waals surface area contributed by atoms with E-state index in [2.05, 4.69) is 9.97 Å². The van der Waals surface area contributed by atoms with Gasteiger partial charge < -0.3 is 4.74 Å². The van der Waals surface area contributed by atoms with Gasteiger partial charge in [0.2, 0.25) is 5.88 Å². The molecule has 1 aliphatic carbocycles. The molecule has 98 valence electrons. The molecule has 0 spiro atoms. The van der Waals surface area contributed by atoms with Crippen LogP contribution in [0.4, 0.5) is 0 Å². The van der Waals surface area contributed by atoms with Gasteiger partial charge >= 0.3 is 0 Å². The average molecular weight is 295 g/mol. The maximum absolute atomic E-state index is 5.98. The number of hydrogen-bond donors (Lipinski definition) is 0. The van der Waals surface area contributed by atoms with Crippen molar-refractivity contribution in [2.75, 3.05) is 0 Å². The normalized spacial score (nSPS) is 14.4. The molecule has 0 saturated heterocycles. The van der Waals surface area contributed by atoms with E-state index in [-0.39, 0.29) is 0 Å². The van der Waals surface area contributed by atoms with Crippen LogP contribution in [0.3, 0.4) is 0 Å². The second kappa shape index (κ2) is 5.35. The highest BCUT2D eigenvalue weighted by atomic mass is 35.5. The van der Waals surface area contributed by atoms with Crippen molar-refractivity contribution >= 4 is 23.2 Å². The Morgan fingerprint density at radius 3 is 2.74 bits per heavy atom. The molecule has 1 aliphatic rings. The molecule has 2 aromatic rings. The van der Waals surface area contributed by atoms with Crippen molar-refractivity contribution in [1.82, 2.24) is 9.97 Å². The van der Waals surface area contributed by atoms with E-state index in [1.54, 1.807) is 6.07 Å². The van der Waals surface area contributed by atoms with Gasteiger partial charge in [0, 0.05) is 17.0 Å². The molecule has 5 heteroatoms. The maximum Gasteiger partial charge on any atom is 0.218 e. The van der Waals surface area contributed by atoms with Crippen LogP contribution in [0.2, 0.25) is 10.2 Å². The first kappa shape index (κ1) is 12.7. The van der Waals surface area contributed by atoms with Gasteiger partial charge in [-0.25, -0.2) is 4.98 Å². The number of aromatic nitrogens is 2. The van der Waals surface area contributed by atoms with Crippen LogP contribution < -0.4 is 4.74 Å². The SMILES string of the molecule is Clc1cccc(COc2cc(Cl)nc(C3CC3)n2)c1. The molecule has 19 heavy (non-hydrogen) atoms. The molecule has 3 rings (SSSR count). The molecule has 0 aliphatic heterocycles. The van der Waals surface area contributed by atoms with Crippen LogP contribution in [-0.2, 0) is 6.61 Å². The number of benzene rings is 1. The predicted molar refractivity (Wildman–Crippen MR) is 74.8 cm³/mol. The van der Waals surface area contributed by atoms with Gasteiger partial charge in [-0.05, 0) is 30.5 Å². The third-order valence-electron chi connectivity index (χ3n) is 2.91. The van der Waals surface area contributed by atoms with Gasteiger partial charge in [-0.15, -0.1) is 0 Å². The Hall–Kier alpha value is -1.32. The first-order valence-corrected chi connectivity index (χ1v) is 6.88. The second-order valence-corrected chi connectivity index (χ2v) is 5.40.